The molecular formula is C29H33FN4O2. The summed E-state index contributed by atoms with van der Waals surface area (Å²) in [7, 11) is 3.55. The molecule has 1 fully saturated rings. The minimum absolute atomic E-state index is 0.0865. The smallest absolute Gasteiger partial charge is 0.305 e. The van der Waals surface area contributed by atoms with Crippen LogP contribution in [0.1, 0.15) is 55.2 Å². The van der Waals surface area contributed by atoms with Crippen molar-refractivity contribution in [2.75, 3.05) is 33.8 Å². The van der Waals surface area contributed by atoms with Gasteiger partial charge in [0.1, 0.15) is 5.82 Å². The number of hydrazone groups is 1. The van der Waals surface area contributed by atoms with Crippen LogP contribution < -0.4 is 5.43 Å². The normalized spacial score (nSPS) is 25.3. The zero-order valence-electron chi connectivity index (χ0n) is 21.0. The average molecular weight is 489 g/mol. The highest BCUT2D eigenvalue weighted by Gasteiger charge is 2.32. The number of nitrogens with one attached hydrogen (secondary N) is 1. The average Bonchev–Trinajstić information content (AvgIpc) is 3.22. The van der Waals surface area contributed by atoms with E-state index in [4.69, 9.17) is 9.84 Å². The monoisotopic (exact) mass is 488 g/mol. The molecule has 1 saturated carbocycles. The molecule has 0 radical (unpaired) electrons. The topological polar surface area (TPSA) is 57.2 Å². The fraction of sp³-hybridized carbons (Fsp3) is 0.448. The lowest BCUT2D eigenvalue weighted by Crippen LogP contribution is -2.41. The van der Waals surface area contributed by atoms with Gasteiger partial charge in [-0.1, -0.05) is 12.2 Å². The summed E-state index contributed by atoms with van der Waals surface area (Å²) in [6, 6.07) is 3.81. The van der Waals surface area contributed by atoms with Crippen molar-refractivity contribution in [1.82, 2.24) is 15.2 Å². The molecule has 0 unspecified atom stereocenters. The zero-order valence-corrected chi connectivity index (χ0v) is 21.0. The number of hydrogen-bond donors (Lipinski definition) is 1. The molecule has 188 valence electrons. The third-order valence-corrected chi connectivity index (χ3v) is 8.36. The van der Waals surface area contributed by atoms with E-state index in [0.29, 0.717) is 18.4 Å². The van der Waals surface area contributed by atoms with Gasteiger partial charge >= 0.3 is 5.97 Å². The SMILES string of the molecule is COC(=O)CC1CCC(N2CC=C(C3=C4NN=C5C=Cc6cc(F)cc(c65)C4=CN(C)C3)CC2)CC1. The minimum Gasteiger partial charge on any atom is -0.469 e. The Morgan fingerprint density at radius 2 is 2.06 bits per heavy atom. The molecule has 0 saturated heterocycles. The van der Waals surface area contributed by atoms with Crippen molar-refractivity contribution in [2.24, 2.45) is 11.0 Å². The highest BCUT2D eigenvalue weighted by Crippen LogP contribution is 2.40. The van der Waals surface area contributed by atoms with Crippen LogP contribution in [0.2, 0.25) is 0 Å². The number of allylic oxidation sites excluding steroid dienone is 2. The summed E-state index contributed by atoms with van der Waals surface area (Å²) in [5.74, 6) is 0.151. The third-order valence-electron chi connectivity index (χ3n) is 8.36. The van der Waals surface area contributed by atoms with Gasteiger partial charge in [0.05, 0.1) is 18.5 Å². The van der Waals surface area contributed by atoms with E-state index in [1.165, 1.54) is 18.3 Å². The van der Waals surface area contributed by atoms with Crippen molar-refractivity contribution in [3.63, 3.8) is 0 Å². The summed E-state index contributed by atoms with van der Waals surface area (Å²) in [4.78, 5) is 16.4. The van der Waals surface area contributed by atoms with Gasteiger partial charge in [-0.3, -0.25) is 15.1 Å². The molecule has 0 atom stereocenters. The van der Waals surface area contributed by atoms with E-state index in [9.17, 15) is 9.18 Å². The van der Waals surface area contributed by atoms with Crippen molar-refractivity contribution in [2.45, 2.75) is 44.6 Å². The van der Waals surface area contributed by atoms with Crippen LogP contribution in [0.15, 0.2) is 52.4 Å². The molecule has 36 heavy (non-hydrogen) atoms. The van der Waals surface area contributed by atoms with Crippen LogP contribution in [0.3, 0.4) is 0 Å². The van der Waals surface area contributed by atoms with Crippen LogP contribution in [-0.2, 0) is 9.53 Å². The first-order valence-electron chi connectivity index (χ1n) is 13.0. The highest BCUT2D eigenvalue weighted by molar-refractivity contribution is 6.20. The fourth-order valence-electron chi connectivity index (χ4n) is 6.46. The van der Waals surface area contributed by atoms with Crippen LogP contribution in [0.4, 0.5) is 4.39 Å². The van der Waals surface area contributed by atoms with E-state index in [1.54, 1.807) is 12.1 Å². The standard InChI is InChI=1S/C29H33FN4O2/c1-33-16-24(19-9-11-34(12-10-19)22-6-3-18(4-7-22)13-27(35)36-2)29-25(17-33)23-15-21(30)14-20-5-8-26(28(20)23)31-32-29/h5,8-9,14-15,17-18,22,32H,3-4,6-7,10-13,16H2,1-2H3. The molecule has 0 amide bonds. The number of likely N-dealkylation sites (N-methyl/N-ethyl adjacent to an activating group) is 1. The Balaban J connectivity index is 1.22. The summed E-state index contributed by atoms with van der Waals surface area (Å²) >= 11 is 0. The van der Waals surface area contributed by atoms with E-state index in [2.05, 4.69) is 34.5 Å². The summed E-state index contributed by atoms with van der Waals surface area (Å²) in [6.45, 7) is 2.77. The number of benzene rings is 1. The van der Waals surface area contributed by atoms with E-state index in [1.807, 2.05) is 12.2 Å². The Morgan fingerprint density at radius 1 is 1.22 bits per heavy atom. The van der Waals surface area contributed by atoms with Gasteiger partial charge in [-0.25, -0.2) is 4.39 Å². The Labute approximate surface area is 211 Å². The first-order chi connectivity index (χ1) is 17.5. The number of methoxy groups -OCH3 is 1. The maximum Gasteiger partial charge on any atom is 0.305 e. The molecule has 6 rings (SSSR count). The Morgan fingerprint density at radius 3 is 2.81 bits per heavy atom. The first-order valence-corrected chi connectivity index (χ1v) is 13.0. The maximum absolute atomic E-state index is 14.5. The second kappa shape index (κ2) is 9.36. The number of ether oxygens (including phenoxy) is 1. The quantitative estimate of drug-likeness (QED) is 0.635. The van der Waals surface area contributed by atoms with Crippen LogP contribution in [-0.4, -0.2) is 61.3 Å². The number of halogens is 1. The third kappa shape index (κ3) is 4.19. The van der Waals surface area contributed by atoms with E-state index in [-0.39, 0.29) is 11.8 Å². The molecule has 2 aliphatic carbocycles. The van der Waals surface area contributed by atoms with Gasteiger partial charge in [0, 0.05) is 62.1 Å². The number of rotatable bonds is 4. The highest BCUT2D eigenvalue weighted by atomic mass is 19.1. The molecule has 0 bridgehead atoms. The largest absolute Gasteiger partial charge is 0.469 e. The lowest BCUT2D eigenvalue weighted by Gasteiger charge is -2.39. The van der Waals surface area contributed by atoms with Crippen LogP contribution in [0.25, 0.3) is 11.6 Å². The maximum atomic E-state index is 14.5. The van der Waals surface area contributed by atoms with Crippen LogP contribution in [0, 0.1) is 11.7 Å². The summed E-state index contributed by atoms with van der Waals surface area (Å²) in [5, 5.41) is 4.71. The molecule has 0 aromatic heterocycles. The van der Waals surface area contributed by atoms with Crippen molar-refractivity contribution >= 4 is 23.3 Å². The minimum atomic E-state index is -0.222. The van der Waals surface area contributed by atoms with E-state index in [0.717, 1.165) is 85.4 Å². The van der Waals surface area contributed by atoms with Gasteiger partial charge < -0.3 is 9.64 Å². The van der Waals surface area contributed by atoms with Gasteiger partial charge in [0.15, 0.2) is 0 Å². The molecule has 3 aliphatic heterocycles. The van der Waals surface area contributed by atoms with Crippen LogP contribution in [0.5, 0.6) is 0 Å². The predicted molar refractivity (Wildman–Crippen MR) is 139 cm³/mol. The summed E-state index contributed by atoms with van der Waals surface area (Å²) in [5.41, 5.74) is 11.6. The second-order valence-electron chi connectivity index (χ2n) is 10.6. The molecule has 7 heteroatoms. The zero-order chi connectivity index (χ0) is 24.8. The van der Waals surface area contributed by atoms with Crippen molar-refractivity contribution in [3.05, 3.63) is 69.8 Å². The van der Waals surface area contributed by atoms with E-state index < -0.39 is 0 Å². The van der Waals surface area contributed by atoms with Gasteiger partial charge in [0.25, 0.3) is 0 Å². The van der Waals surface area contributed by atoms with Crippen molar-refractivity contribution < 1.29 is 13.9 Å². The molecule has 0 spiro atoms. The van der Waals surface area contributed by atoms with E-state index >= 15 is 0 Å². The Hall–Kier alpha value is -3.19. The van der Waals surface area contributed by atoms with Crippen molar-refractivity contribution in [3.8, 4) is 0 Å². The molecule has 1 aromatic carbocycles. The van der Waals surface area contributed by atoms with Gasteiger partial charge in [-0.05, 0) is 72.9 Å². The van der Waals surface area contributed by atoms with Gasteiger partial charge in [-0.15, -0.1) is 0 Å². The van der Waals surface area contributed by atoms with Crippen LogP contribution >= 0.6 is 0 Å². The van der Waals surface area contributed by atoms with Gasteiger partial charge in [0.2, 0.25) is 0 Å². The number of carbonyl (C=O) groups excluding carboxylic acids is 1. The molecule has 1 N–H and O–H groups in total. The molecule has 6 nitrogen and oxygen atoms in total. The summed E-state index contributed by atoms with van der Waals surface area (Å²) in [6.07, 6.45) is 14.4. The molecule has 1 aromatic rings. The number of esters is 1. The lowest BCUT2D eigenvalue weighted by molar-refractivity contribution is -0.142. The molecule has 5 aliphatic rings. The number of fused-ring (bicyclic) bond motifs is 2. The molecule has 3 heterocycles. The fourth-order valence-corrected chi connectivity index (χ4v) is 6.46. The second-order valence-corrected chi connectivity index (χ2v) is 10.6. The number of nitrogens with zero attached hydrogens (tertiary/aromatic N) is 3. The lowest BCUT2D eigenvalue weighted by atomic mass is 9.82. The number of carbonyl (C=O) groups is 1. The number of hydrogen-bond acceptors (Lipinski definition) is 6. The summed E-state index contributed by atoms with van der Waals surface area (Å²) < 4.78 is 19.4. The predicted octanol–water partition coefficient (Wildman–Crippen LogP) is 4.45. The first kappa shape index (κ1) is 23.2. The van der Waals surface area contributed by atoms with Crippen molar-refractivity contribution in [1.29, 1.82) is 0 Å². The van der Waals surface area contributed by atoms with Gasteiger partial charge in [-0.2, -0.15) is 5.10 Å². The Bertz CT molecular complexity index is 1250. The Kier molecular flexibility index (Phi) is 6.04. The molecular weight excluding hydrogens is 455 g/mol.